The number of carboxylic acid groups (broad SMARTS) is 1. The van der Waals surface area contributed by atoms with Gasteiger partial charge in [-0.05, 0) is 51.4 Å². The number of nitrogens with one attached hydrogen (secondary N) is 1. The molecule has 0 atom stereocenters. The van der Waals surface area contributed by atoms with Crippen molar-refractivity contribution < 1.29 is 32.2 Å². The number of hydrogen-bond acceptors (Lipinski definition) is 5. The van der Waals surface area contributed by atoms with Crippen LogP contribution in [0.5, 0.6) is 0 Å². The second-order valence-electron chi connectivity index (χ2n) is 7.79. The number of hydrogen-bond donors (Lipinski definition) is 2. The molecule has 4 fully saturated rings. The molecule has 0 radical (unpaired) electrons. The van der Waals surface area contributed by atoms with E-state index in [4.69, 9.17) is 9.52 Å². The fourth-order valence-electron chi connectivity index (χ4n) is 4.59. The van der Waals surface area contributed by atoms with E-state index < -0.39 is 18.6 Å². The Hall–Kier alpha value is -1.84. The molecule has 26 heavy (non-hydrogen) atoms. The third-order valence-corrected chi connectivity index (χ3v) is 6.26. The van der Waals surface area contributed by atoms with Crippen molar-refractivity contribution in [2.24, 2.45) is 0 Å². The lowest BCUT2D eigenvalue weighted by Gasteiger charge is -2.51. The Morgan fingerprint density at radius 2 is 1.77 bits per heavy atom. The summed E-state index contributed by atoms with van der Waals surface area (Å²) in [6, 6.07) is 0. The first-order chi connectivity index (χ1) is 12.2. The van der Waals surface area contributed by atoms with Gasteiger partial charge in [-0.15, -0.1) is 23.4 Å². The second kappa shape index (κ2) is 5.83. The number of carbonyl (C=O) groups is 1. The van der Waals surface area contributed by atoms with E-state index in [1.165, 1.54) is 0 Å². The van der Waals surface area contributed by atoms with Crippen molar-refractivity contribution in [3.63, 3.8) is 0 Å². The maximum atomic E-state index is 12.2. The first-order valence-corrected chi connectivity index (χ1v) is 8.78. The van der Waals surface area contributed by atoms with E-state index in [-0.39, 0.29) is 29.7 Å². The molecule has 4 saturated carbocycles. The predicted octanol–water partition coefficient (Wildman–Crippen LogP) is 3.46. The molecule has 1 aromatic rings. The zero-order valence-electron chi connectivity index (χ0n) is 14.0. The first-order valence-electron chi connectivity index (χ1n) is 8.78. The molecule has 1 heterocycles. The Balaban J connectivity index is 1.39. The van der Waals surface area contributed by atoms with Crippen molar-refractivity contribution in [2.45, 2.75) is 80.7 Å². The third-order valence-electron chi connectivity index (χ3n) is 6.26. The number of fused-ring (bicyclic) bond motifs is 3. The molecule has 0 aromatic carbocycles. The summed E-state index contributed by atoms with van der Waals surface area (Å²) >= 11 is 0. The molecule has 2 N–H and O–H groups in total. The van der Waals surface area contributed by atoms with Crippen LogP contribution in [0.25, 0.3) is 0 Å². The van der Waals surface area contributed by atoms with Gasteiger partial charge in [0, 0.05) is 16.9 Å². The molecule has 5 rings (SSSR count). The number of alkyl halides is 3. The topological polar surface area (TPSA) is 97.5 Å². The lowest BCUT2D eigenvalue weighted by molar-refractivity contribution is -0.352. The van der Waals surface area contributed by atoms with E-state index in [9.17, 15) is 18.0 Å². The average molecular weight is 375 g/mol. The first kappa shape index (κ1) is 17.6. The maximum Gasteiger partial charge on any atom is 0.522 e. The lowest BCUT2D eigenvalue weighted by atomic mass is 9.57. The van der Waals surface area contributed by atoms with Crippen LogP contribution in [-0.2, 0) is 10.2 Å². The van der Waals surface area contributed by atoms with Crippen molar-refractivity contribution in [1.29, 1.82) is 0 Å². The largest absolute Gasteiger partial charge is 0.522 e. The maximum absolute atomic E-state index is 12.2. The third kappa shape index (κ3) is 3.15. The van der Waals surface area contributed by atoms with Crippen molar-refractivity contribution in [2.75, 3.05) is 0 Å². The van der Waals surface area contributed by atoms with E-state index >= 15 is 0 Å². The molecule has 0 saturated heterocycles. The number of nitrogens with zero attached hydrogens (tertiary/aromatic N) is 2. The van der Waals surface area contributed by atoms with Crippen molar-refractivity contribution >= 4 is 6.09 Å². The monoisotopic (exact) mass is 375 g/mol. The Kier molecular flexibility index (Phi) is 3.94. The minimum Gasteiger partial charge on any atom is -0.465 e. The molecular weight excluding hydrogens is 355 g/mol. The van der Waals surface area contributed by atoms with Crippen LogP contribution in [0, 0.1) is 0 Å². The molecule has 0 spiro atoms. The van der Waals surface area contributed by atoms with Crippen LogP contribution in [-0.4, -0.2) is 39.4 Å². The second-order valence-corrected chi connectivity index (χ2v) is 7.79. The summed E-state index contributed by atoms with van der Waals surface area (Å²) in [4.78, 5) is 11.0. The van der Waals surface area contributed by atoms with Gasteiger partial charge in [-0.2, -0.15) is 0 Å². The fourth-order valence-corrected chi connectivity index (χ4v) is 4.59. The number of rotatable bonds is 4. The summed E-state index contributed by atoms with van der Waals surface area (Å²) in [7, 11) is 0. The van der Waals surface area contributed by atoms with Crippen molar-refractivity contribution in [3.8, 4) is 0 Å². The van der Waals surface area contributed by atoms with E-state index in [0.29, 0.717) is 11.8 Å². The fraction of sp³-hybridized carbons (Fsp3) is 0.812. The van der Waals surface area contributed by atoms with Gasteiger partial charge < -0.3 is 14.8 Å². The Morgan fingerprint density at radius 1 is 1.15 bits per heavy atom. The van der Waals surface area contributed by atoms with Gasteiger partial charge in [-0.3, -0.25) is 4.74 Å². The summed E-state index contributed by atoms with van der Waals surface area (Å²) in [5.74, 6) is 0.721. The molecule has 7 nitrogen and oxygen atoms in total. The molecule has 1 amide bonds. The number of amides is 1. The number of ether oxygens (including phenoxy) is 1. The molecule has 144 valence electrons. The summed E-state index contributed by atoms with van der Waals surface area (Å²) in [6.45, 7) is 0. The molecule has 10 heteroatoms. The number of halogens is 3. The van der Waals surface area contributed by atoms with Gasteiger partial charge in [0.15, 0.2) is 0 Å². The average Bonchev–Trinajstić information content (AvgIpc) is 3.00. The van der Waals surface area contributed by atoms with Gasteiger partial charge in [-0.1, -0.05) is 0 Å². The van der Waals surface area contributed by atoms with Gasteiger partial charge >= 0.3 is 12.5 Å². The summed E-state index contributed by atoms with van der Waals surface area (Å²) in [6.07, 6.45) is -1.56. The molecule has 2 bridgehead atoms. The predicted molar refractivity (Wildman–Crippen MR) is 80.5 cm³/mol. The zero-order valence-corrected chi connectivity index (χ0v) is 14.0. The van der Waals surface area contributed by atoms with Crippen LogP contribution in [0.1, 0.15) is 69.1 Å². The Morgan fingerprint density at radius 3 is 2.31 bits per heavy atom. The van der Waals surface area contributed by atoms with Crippen LogP contribution >= 0.6 is 0 Å². The van der Waals surface area contributed by atoms with E-state index in [1.54, 1.807) is 0 Å². The molecule has 4 aliphatic carbocycles. The molecular formula is C16H20F3N3O4. The molecule has 0 aliphatic heterocycles. The van der Waals surface area contributed by atoms with Crippen molar-refractivity contribution in [3.05, 3.63) is 11.8 Å². The quantitative estimate of drug-likeness (QED) is 0.836. The Bertz CT molecular complexity index is 675. The lowest BCUT2D eigenvalue weighted by Crippen LogP contribution is -2.57. The van der Waals surface area contributed by atoms with Gasteiger partial charge in [0.2, 0.25) is 11.8 Å². The highest BCUT2D eigenvalue weighted by molar-refractivity contribution is 5.65. The van der Waals surface area contributed by atoms with Gasteiger partial charge in [0.25, 0.3) is 0 Å². The highest BCUT2D eigenvalue weighted by Crippen LogP contribution is 2.53. The summed E-state index contributed by atoms with van der Waals surface area (Å²) < 4.78 is 46.4. The number of aromatic nitrogens is 2. The van der Waals surface area contributed by atoms with Crippen molar-refractivity contribution in [1.82, 2.24) is 15.5 Å². The highest BCUT2D eigenvalue weighted by atomic mass is 19.4. The zero-order chi connectivity index (χ0) is 18.6. The van der Waals surface area contributed by atoms with Crippen LogP contribution in [0.15, 0.2) is 4.42 Å². The van der Waals surface area contributed by atoms with Crippen LogP contribution in [0.4, 0.5) is 18.0 Å². The van der Waals surface area contributed by atoms with E-state index in [1.807, 2.05) is 0 Å². The minimum atomic E-state index is -4.62. The van der Waals surface area contributed by atoms with Crippen LogP contribution in [0.3, 0.4) is 0 Å². The molecule has 1 aromatic heterocycles. The molecule has 4 aliphatic rings. The van der Waals surface area contributed by atoms with Crippen LogP contribution < -0.4 is 5.32 Å². The van der Waals surface area contributed by atoms with Crippen LogP contribution in [0.2, 0.25) is 0 Å². The smallest absolute Gasteiger partial charge is 0.465 e. The SMILES string of the molecule is O=C(O)NC12CCC(c3nnc(C4CC(OC(F)(F)F)C4)o3)(CC1)CC2. The summed E-state index contributed by atoms with van der Waals surface area (Å²) in [5.41, 5.74) is -0.592. The van der Waals surface area contributed by atoms with E-state index in [2.05, 4.69) is 20.3 Å². The van der Waals surface area contributed by atoms with Gasteiger partial charge in [0.1, 0.15) is 0 Å². The Labute approximate surface area is 147 Å². The highest BCUT2D eigenvalue weighted by Gasteiger charge is 2.53. The summed E-state index contributed by atoms with van der Waals surface area (Å²) in [5, 5.41) is 19.9. The molecule has 0 unspecified atom stereocenters. The standard InChI is InChI=1S/C16H20F3N3O4/c17-16(18,19)26-10-7-9(8-10)11-21-22-12(25-11)14-1-4-15(5-2-14,6-3-14)20-13(23)24/h9-10,20H,1-8H2,(H,23,24). The minimum absolute atomic E-state index is 0.194. The van der Waals surface area contributed by atoms with Gasteiger partial charge in [-0.25, -0.2) is 4.79 Å². The normalized spacial score (nSPS) is 36.6. The van der Waals surface area contributed by atoms with E-state index in [0.717, 1.165) is 38.5 Å². The van der Waals surface area contributed by atoms with Gasteiger partial charge in [0.05, 0.1) is 6.10 Å².